The minimum Gasteiger partial charge on any atom is -0.496 e. The molecule has 0 amide bonds. The molecule has 0 aliphatic carbocycles. The maximum absolute atomic E-state index is 10.7. The summed E-state index contributed by atoms with van der Waals surface area (Å²) in [5, 5.41) is 8.82. The average Bonchev–Trinajstić information content (AvgIpc) is 2.17. The third-order valence-electron chi connectivity index (χ3n) is 2.05. The van der Waals surface area contributed by atoms with Crippen LogP contribution in [0, 0.1) is 0 Å². The molecule has 0 spiro atoms. The van der Waals surface area contributed by atoms with Gasteiger partial charge in [0.05, 0.1) is 17.5 Å². The molecule has 1 N–H and O–H groups in total. The first-order chi connectivity index (χ1) is 6.56. The van der Waals surface area contributed by atoms with Crippen molar-refractivity contribution in [3.8, 4) is 5.75 Å². The number of benzene rings is 1. The molecule has 0 heterocycles. The second-order valence-electron chi connectivity index (χ2n) is 2.95. The Balaban J connectivity index is 3.06. The van der Waals surface area contributed by atoms with E-state index in [0.717, 1.165) is 10.0 Å². The van der Waals surface area contributed by atoms with Gasteiger partial charge in [-0.15, -0.1) is 0 Å². The maximum Gasteiger partial charge on any atom is 0.310 e. The van der Waals surface area contributed by atoms with E-state index in [2.05, 4.69) is 15.9 Å². The van der Waals surface area contributed by atoms with Crippen LogP contribution in [0.15, 0.2) is 22.7 Å². The number of aliphatic carboxylic acids is 1. The smallest absolute Gasteiger partial charge is 0.310 e. The van der Waals surface area contributed by atoms with Crippen LogP contribution in [-0.2, 0) is 4.79 Å². The van der Waals surface area contributed by atoms with Gasteiger partial charge >= 0.3 is 5.97 Å². The van der Waals surface area contributed by atoms with Gasteiger partial charge in [-0.3, -0.25) is 4.79 Å². The molecule has 3 nitrogen and oxygen atoms in total. The highest BCUT2D eigenvalue weighted by molar-refractivity contribution is 9.10. The van der Waals surface area contributed by atoms with Crippen molar-refractivity contribution in [2.45, 2.75) is 12.8 Å². The zero-order valence-corrected chi connectivity index (χ0v) is 9.54. The molecule has 4 heteroatoms. The van der Waals surface area contributed by atoms with Gasteiger partial charge in [0.2, 0.25) is 0 Å². The van der Waals surface area contributed by atoms with E-state index in [9.17, 15) is 4.79 Å². The lowest BCUT2D eigenvalue weighted by atomic mass is 10.0. The molecule has 1 atom stereocenters. The van der Waals surface area contributed by atoms with Crippen LogP contribution >= 0.6 is 15.9 Å². The second-order valence-corrected chi connectivity index (χ2v) is 3.81. The predicted molar refractivity (Wildman–Crippen MR) is 56.7 cm³/mol. The first-order valence-electron chi connectivity index (χ1n) is 4.12. The number of rotatable bonds is 3. The lowest BCUT2D eigenvalue weighted by Gasteiger charge is -2.09. The minimum atomic E-state index is -0.839. The number of methoxy groups -OCH3 is 1. The summed E-state index contributed by atoms with van der Waals surface area (Å²) in [7, 11) is 1.55. The van der Waals surface area contributed by atoms with E-state index in [1.807, 2.05) is 0 Å². The van der Waals surface area contributed by atoms with Gasteiger partial charge in [0.1, 0.15) is 5.75 Å². The first-order valence-corrected chi connectivity index (χ1v) is 4.91. The van der Waals surface area contributed by atoms with E-state index in [-0.39, 0.29) is 0 Å². The molecule has 1 aromatic carbocycles. The van der Waals surface area contributed by atoms with Crippen molar-refractivity contribution >= 4 is 21.9 Å². The number of ether oxygens (including phenoxy) is 1. The van der Waals surface area contributed by atoms with E-state index >= 15 is 0 Å². The number of hydrogen-bond acceptors (Lipinski definition) is 2. The van der Waals surface area contributed by atoms with Crippen molar-refractivity contribution in [3.05, 3.63) is 28.2 Å². The molecule has 1 rings (SSSR count). The Hall–Kier alpha value is -1.03. The number of carboxylic acid groups (broad SMARTS) is 1. The van der Waals surface area contributed by atoms with E-state index in [1.165, 1.54) is 0 Å². The monoisotopic (exact) mass is 258 g/mol. The molecule has 14 heavy (non-hydrogen) atoms. The summed E-state index contributed by atoms with van der Waals surface area (Å²) in [6.45, 7) is 1.64. The number of halogens is 1. The maximum atomic E-state index is 10.7. The van der Waals surface area contributed by atoms with Gasteiger partial charge in [-0.05, 0) is 40.5 Å². The van der Waals surface area contributed by atoms with Crippen molar-refractivity contribution in [1.29, 1.82) is 0 Å². The molecule has 1 aromatic rings. The molecule has 0 aromatic heterocycles. The summed E-state index contributed by atoms with van der Waals surface area (Å²) in [6.07, 6.45) is 0. The quantitative estimate of drug-likeness (QED) is 0.907. The van der Waals surface area contributed by atoms with Crippen molar-refractivity contribution in [1.82, 2.24) is 0 Å². The summed E-state index contributed by atoms with van der Waals surface area (Å²) in [5.74, 6) is -0.707. The van der Waals surface area contributed by atoms with E-state index in [1.54, 1.807) is 32.2 Å². The molecule has 0 radical (unpaired) electrons. The van der Waals surface area contributed by atoms with Crippen molar-refractivity contribution in [2.24, 2.45) is 0 Å². The van der Waals surface area contributed by atoms with Gasteiger partial charge in [0, 0.05) is 0 Å². The summed E-state index contributed by atoms with van der Waals surface area (Å²) >= 11 is 3.30. The van der Waals surface area contributed by atoms with Gasteiger partial charge in [-0.2, -0.15) is 0 Å². The third kappa shape index (κ3) is 2.26. The van der Waals surface area contributed by atoms with Crippen LogP contribution in [-0.4, -0.2) is 18.2 Å². The van der Waals surface area contributed by atoms with Crippen LogP contribution in [0.3, 0.4) is 0 Å². The number of hydrogen-bond donors (Lipinski definition) is 1. The van der Waals surface area contributed by atoms with E-state index in [0.29, 0.717) is 5.75 Å². The van der Waals surface area contributed by atoms with Gasteiger partial charge in [0.25, 0.3) is 0 Å². The lowest BCUT2D eigenvalue weighted by Crippen LogP contribution is -2.07. The second kappa shape index (κ2) is 4.46. The summed E-state index contributed by atoms with van der Waals surface area (Å²) < 4.78 is 5.90. The molecule has 0 saturated carbocycles. The van der Waals surface area contributed by atoms with Gasteiger partial charge in [0.15, 0.2) is 0 Å². The van der Waals surface area contributed by atoms with Crippen LogP contribution in [0.25, 0.3) is 0 Å². The lowest BCUT2D eigenvalue weighted by molar-refractivity contribution is -0.138. The summed E-state index contributed by atoms with van der Waals surface area (Å²) in [6, 6.07) is 5.28. The third-order valence-corrected chi connectivity index (χ3v) is 2.70. The number of carboxylic acids is 1. The zero-order valence-electron chi connectivity index (χ0n) is 7.95. The Labute approximate surface area is 90.8 Å². The van der Waals surface area contributed by atoms with Crippen LogP contribution in [0.4, 0.5) is 0 Å². The topological polar surface area (TPSA) is 46.5 Å². The van der Waals surface area contributed by atoms with Crippen molar-refractivity contribution in [2.75, 3.05) is 7.11 Å². The first kappa shape index (κ1) is 11.0. The normalized spacial score (nSPS) is 12.2. The Morgan fingerprint density at radius 3 is 2.71 bits per heavy atom. The highest BCUT2D eigenvalue weighted by Crippen LogP contribution is 2.28. The van der Waals surface area contributed by atoms with Crippen LogP contribution in [0.2, 0.25) is 0 Å². The Morgan fingerprint density at radius 1 is 1.57 bits per heavy atom. The molecule has 0 aliphatic rings. The number of carbonyl (C=O) groups is 1. The minimum absolute atomic E-state index is 0.517. The summed E-state index contributed by atoms with van der Waals surface area (Å²) in [4.78, 5) is 10.7. The van der Waals surface area contributed by atoms with Crippen molar-refractivity contribution < 1.29 is 14.6 Å². The highest BCUT2D eigenvalue weighted by Gasteiger charge is 2.14. The van der Waals surface area contributed by atoms with Crippen molar-refractivity contribution in [3.63, 3.8) is 0 Å². The molecular weight excluding hydrogens is 248 g/mol. The molecule has 0 aliphatic heterocycles. The van der Waals surface area contributed by atoms with Crippen LogP contribution in [0.1, 0.15) is 18.4 Å². The van der Waals surface area contributed by atoms with Crippen LogP contribution < -0.4 is 4.74 Å². The van der Waals surface area contributed by atoms with E-state index < -0.39 is 11.9 Å². The molecule has 0 bridgehead atoms. The highest BCUT2D eigenvalue weighted by atomic mass is 79.9. The van der Waals surface area contributed by atoms with E-state index in [4.69, 9.17) is 9.84 Å². The molecule has 1 unspecified atom stereocenters. The Morgan fingerprint density at radius 2 is 2.21 bits per heavy atom. The largest absolute Gasteiger partial charge is 0.496 e. The molecule has 0 saturated heterocycles. The van der Waals surface area contributed by atoms with Crippen LogP contribution in [0.5, 0.6) is 5.75 Å². The van der Waals surface area contributed by atoms with Gasteiger partial charge in [-0.1, -0.05) is 6.07 Å². The van der Waals surface area contributed by atoms with Gasteiger partial charge in [-0.25, -0.2) is 0 Å². The zero-order chi connectivity index (χ0) is 10.7. The predicted octanol–water partition coefficient (Wildman–Crippen LogP) is 2.65. The molecular formula is C10H11BrO3. The van der Waals surface area contributed by atoms with Gasteiger partial charge < -0.3 is 9.84 Å². The Bertz CT molecular complexity index is 349. The fourth-order valence-electron chi connectivity index (χ4n) is 1.09. The standard InChI is InChI=1S/C10H11BrO3/c1-6(10(12)13)7-3-4-8(11)9(5-7)14-2/h3-6H,1-2H3,(H,12,13). The molecule has 0 fully saturated rings. The average molecular weight is 259 g/mol. The Kier molecular flexibility index (Phi) is 3.52. The summed E-state index contributed by atoms with van der Waals surface area (Å²) in [5.41, 5.74) is 0.734. The fraction of sp³-hybridized carbons (Fsp3) is 0.300. The SMILES string of the molecule is COc1cc(C(C)C(=O)O)ccc1Br. The molecule has 76 valence electrons. The fourth-order valence-corrected chi connectivity index (χ4v) is 1.50.